The summed E-state index contributed by atoms with van der Waals surface area (Å²) in [5.41, 5.74) is -0.176. The van der Waals surface area contributed by atoms with Gasteiger partial charge in [-0.25, -0.2) is 4.79 Å². The Kier molecular flexibility index (Phi) is 3.29. The van der Waals surface area contributed by atoms with Crippen LogP contribution in [0.3, 0.4) is 0 Å². The Hall–Kier alpha value is -2.03. The van der Waals surface area contributed by atoms with Crippen molar-refractivity contribution in [2.45, 2.75) is 6.92 Å². The number of ether oxygens (including phenoxy) is 1. The molecule has 0 aromatic carbocycles. The van der Waals surface area contributed by atoms with Gasteiger partial charge in [-0.1, -0.05) is 0 Å². The third-order valence-electron chi connectivity index (χ3n) is 1.85. The predicted molar refractivity (Wildman–Crippen MR) is 50.0 cm³/mol. The number of carbonyl (C=O) groups excluding carboxylic acids is 2. The molecule has 1 N–H and O–H groups in total. The van der Waals surface area contributed by atoms with E-state index in [-0.39, 0.29) is 30.5 Å². The van der Waals surface area contributed by atoms with Crippen molar-refractivity contribution in [3.63, 3.8) is 0 Å². The van der Waals surface area contributed by atoms with Gasteiger partial charge >= 0.3 is 5.97 Å². The van der Waals surface area contributed by atoms with E-state index in [2.05, 4.69) is 5.32 Å². The molecule has 0 radical (unpaired) electrons. The minimum absolute atomic E-state index is 0.139. The molecule has 0 bridgehead atoms. The van der Waals surface area contributed by atoms with Crippen LogP contribution in [0.4, 0.5) is 0 Å². The van der Waals surface area contributed by atoms with E-state index in [4.69, 9.17) is 10.00 Å². The number of nitriles is 1. The van der Waals surface area contributed by atoms with E-state index in [1.807, 2.05) is 0 Å². The Morgan fingerprint density at radius 2 is 2.40 bits per heavy atom. The zero-order chi connectivity index (χ0) is 11.4. The summed E-state index contributed by atoms with van der Waals surface area (Å²) in [5, 5.41) is 11.2. The highest BCUT2D eigenvalue weighted by atomic mass is 16.5. The first-order chi connectivity index (χ1) is 7.10. The van der Waals surface area contributed by atoms with Gasteiger partial charge in [0, 0.05) is 7.05 Å². The maximum absolute atomic E-state index is 11.3. The molecule has 0 unspecified atom stereocenters. The first-order valence-corrected chi connectivity index (χ1v) is 4.42. The summed E-state index contributed by atoms with van der Waals surface area (Å²) >= 11 is 0. The first kappa shape index (κ1) is 11.0. The average Bonchev–Trinajstić information content (AvgIpc) is 2.47. The topological polar surface area (TPSA) is 82.4 Å². The highest BCUT2D eigenvalue weighted by Crippen LogP contribution is 2.11. The number of hydrogen-bond acceptors (Lipinski definition) is 5. The minimum atomic E-state index is -0.718. The number of hydrogen-bond donors (Lipinski definition) is 1. The van der Waals surface area contributed by atoms with Crippen molar-refractivity contribution in [3.05, 3.63) is 11.4 Å². The van der Waals surface area contributed by atoms with Gasteiger partial charge in [-0.15, -0.1) is 0 Å². The largest absolute Gasteiger partial charge is 0.462 e. The van der Waals surface area contributed by atoms with Crippen LogP contribution in [0.1, 0.15) is 6.92 Å². The monoisotopic (exact) mass is 209 g/mol. The van der Waals surface area contributed by atoms with E-state index in [9.17, 15) is 9.59 Å². The Morgan fingerprint density at radius 1 is 1.73 bits per heavy atom. The van der Waals surface area contributed by atoms with Crippen molar-refractivity contribution in [2.75, 3.05) is 20.2 Å². The smallest absolute Gasteiger partial charge is 0.352 e. The van der Waals surface area contributed by atoms with Crippen molar-refractivity contribution in [1.82, 2.24) is 10.2 Å². The normalized spacial score (nSPS) is 18.2. The van der Waals surface area contributed by atoms with Crippen molar-refractivity contribution >= 4 is 11.9 Å². The minimum Gasteiger partial charge on any atom is -0.462 e. The van der Waals surface area contributed by atoms with E-state index < -0.39 is 5.97 Å². The van der Waals surface area contributed by atoms with Gasteiger partial charge in [0.1, 0.15) is 11.9 Å². The number of amides is 1. The Balaban J connectivity index is 2.99. The highest BCUT2D eigenvalue weighted by molar-refractivity contribution is 5.95. The number of nitrogens with zero attached hydrogens (tertiary/aromatic N) is 2. The van der Waals surface area contributed by atoms with Gasteiger partial charge in [0.25, 0.3) is 0 Å². The fraction of sp³-hybridized carbons (Fsp3) is 0.444. The Labute approximate surface area is 87.1 Å². The number of esters is 1. The maximum atomic E-state index is 11.3. The van der Waals surface area contributed by atoms with Crippen LogP contribution in [0.5, 0.6) is 0 Å². The SMILES string of the molecule is CCOC(=O)/C(C#N)=C1\NC(=O)CN1C. The van der Waals surface area contributed by atoms with E-state index in [1.54, 1.807) is 20.0 Å². The molecule has 1 heterocycles. The summed E-state index contributed by atoms with van der Waals surface area (Å²) in [6.45, 7) is 1.98. The third kappa shape index (κ3) is 2.26. The molecule has 0 atom stereocenters. The van der Waals surface area contributed by atoms with E-state index in [0.29, 0.717) is 0 Å². The van der Waals surface area contributed by atoms with Crippen LogP contribution in [0.25, 0.3) is 0 Å². The standard InChI is InChI=1S/C9H11N3O3/c1-3-15-9(14)6(4-10)8-11-7(13)5-12(8)2/h3,5H2,1-2H3,(H,11,13)/b8-6+. The van der Waals surface area contributed by atoms with Crippen LogP contribution in [-0.2, 0) is 14.3 Å². The van der Waals surface area contributed by atoms with Gasteiger partial charge in [0.05, 0.1) is 13.2 Å². The molecule has 0 saturated carbocycles. The molecular formula is C9H11N3O3. The fourth-order valence-corrected chi connectivity index (χ4v) is 1.21. The summed E-state index contributed by atoms with van der Waals surface area (Å²) in [6.07, 6.45) is 0. The number of nitrogens with one attached hydrogen (secondary N) is 1. The second-order valence-electron chi connectivity index (χ2n) is 2.96. The molecule has 1 rings (SSSR count). The molecule has 1 aliphatic rings. The van der Waals surface area contributed by atoms with E-state index in [1.165, 1.54) is 4.90 Å². The second-order valence-corrected chi connectivity index (χ2v) is 2.96. The number of carbonyl (C=O) groups is 2. The van der Waals surface area contributed by atoms with E-state index >= 15 is 0 Å². The summed E-state index contributed by atoms with van der Waals surface area (Å²) in [7, 11) is 1.61. The molecular weight excluding hydrogens is 198 g/mol. The van der Waals surface area contributed by atoms with Gasteiger partial charge < -0.3 is 15.0 Å². The van der Waals surface area contributed by atoms with Gasteiger partial charge in [-0.05, 0) is 6.92 Å². The van der Waals surface area contributed by atoms with Crippen molar-refractivity contribution in [3.8, 4) is 6.07 Å². The highest BCUT2D eigenvalue weighted by Gasteiger charge is 2.27. The fourth-order valence-electron chi connectivity index (χ4n) is 1.21. The lowest BCUT2D eigenvalue weighted by Gasteiger charge is -2.11. The zero-order valence-corrected chi connectivity index (χ0v) is 8.53. The molecule has 1 amide bonds. The lowest BCUT2D eigenvalue weighted by Crippen LogP contribution is -2.21. The quantitative estimate of drug-likeness (QED) is 0.371. The molecule has 0 aliphatic carbocycles. The average molecular weight is 209 g/mol. The third-order valence-corrected chi connectivity index (χ3v) is 1.85. The van der Waals surface area contributed by atoms with Gasteiger partial charge in [-0.2, -0.15) is 5.26 Å². The lowest BCUT2D eigenvalue weighted by atomic mass is 10.3. The molecule has 15 heavy (non-hydrogen) atoms. The summed E-state index contributed by atoms with van der Waals surface area (Å²) in [4.78, 5) is 23.8. The van der Waals surface area contributed by atoms with E-state index in [0.717, 1.165) is 0 Å². The van der Waals surface area contributed by atoms with Crippen LogP contribution >= 0.6 is 0 Å². The summed E-state index contributed by atoms with van der Waals surface area (Å²) in [5.74, 6) is -0.755. The van der Waals surface area contributed by atoms with Gasteiger partial charge in [0.15, 0.2) is 5.57 Å². The summed E-state index contributed by atoms with van der Waals surface area (Å²) < 4.78 is 4.69. The molecule has 1 saturated heterocycles. The van der Waals surface area contributed by atoms with Gasteiger partial charge in [0.2, 0.25) is 5.91 Å². The predicted octanol–water partition coefficient (Wildman–Crippen LogP) is -0.654. The van der Waals surface area contributed by atoms with Crippen molar-refractivity contribution in [2.24, 2.45) is 0 Å². The molecule has 0 aromatic heterocycles. The van der Waals surface area contributed by atoms with Crippen molar-refractivity contribution in [1.29, 1.82) is 5.26 Å². The van der Waals surface area contributed by atoms with Crippen LogP contribution in [0.2, 0.25) is 0 Å². The molecule has 6 heteroatoms. The van der Waals surface area contributed by atoms with Crippen LogP contribution in [-0.4, -0.2) is 37.0 Å². The zero-order valence-electron chi connectivity index (χ0n) is 8.53. The summed E-state index contributed by atoms with van der Waals surface area (Å²) in [6, 6.07) is 1.73. The molecule has 1 aliphatic heterocycles. The molecule has 0 aromatic rings. The van der Waals surface area contributed by atoms with Crippen LogP contribution in [0.15, 0.2) is 11.4 Å². The molecule has 0 spiro atoms. The maximum Gasteiger partial charge on any atom is 0.352 e. The van der Waals surface area contributed by atoms with Crippen LogP contribution in [0, 0.1) is 11.3 Å². The van der Waals surface area contributed by atoms with Crippen LogP contribution < -0.4 is 5.32 Å². The number of likely N-dealkylation sites (N-methyl/N-ethyl adjacent to an activating group) is 1. The molecule has 6 nitrogen and oxygen atoms in total. The lowest BCUT2D eigenvalue weighted by molar-refractivity contribution is -0.138. The van der Waals surface area contributed by atoms with Gasteiger partial charge in [-0.3, -0.25) is 4.79 Å². The second kappa shape index (κ2) is 4.46. The first-order valence-electron chi connectivity index (χ1n) is 4.42. The molecule has 1 fully saturated rings. The molecule has 80 valence electrons. The Morgan fingerprint density at radius 3 is 2.80 bits per heavy atom. The number of rotatable bonds is 2. The Bertz CT molecular complexity index is 367. The van der Waals surface area contributed by atoms with Crippen molar-refractivity contribution < 1.29 is 14.3 Å².